The van der Waals surface area contributed by atoms with Crippen LogP contribution in [0.5, 0.6) is 0 Å². The molecule has 0 aliphatic carbocycles. The van der Waals surface area contributed by atoms with Gasteiger partial charge in [0.15, 0.2) is 0 Å². The van der Waals surface area contributed by atoms with Crippen LogP contribution in [-0.4, -0.2) is 17.3 Å². The number of benzene rings is 1. The van der Waals surface area contributed by atoms with Crippen molar-refractivity contribution in [3.05, 3.63) is 36.0 Å². The van der Waals surface area contributed by atoms with Gasteiger partial charge in [-0.2, -0.15) is 0 Å². The zero-order valence-corrected chi connectivity index (χ0v) is 11.4. The van der Waals surface area contributed by atoms with Gasteiger partial charge < -0.3 is 4.74 Å². The number of ether oxygens (including phenoxy) is 1. The molecule has 0 saturated carbocycles. The normalized spacial score (nSPS) is 11.8. The number of carbonyl (C=O) groups excluding carboxylic acids is 1. The Bertz CT molecular complexity index is 576. The molecule has 0 atom stereocenters. The van der Waals surface area contributed by atoms with Crippen molar-refractivity contribution in [3.8, 4) is 0 Å². The number of nitrogens with zero attached hydrogens (tertiary/aromatic N) is 1. The molecule has 0 amide bonds. The highest BCUT2D eigenvalue weighted by atomic mass is 16.5. The predicted octanol–water partition coefficient (Wildman–Crippen LogP) is 3.94. The highest BCUT2D eigenvalue weighted by molar-refractivity contribution is 5.91. The highest BCUT2D eigenvalue weighted by Crippen LogP contribution is 2.29. The monoisotopic (exact) mass is 245 g/mol. The third-order valence-corrected chi connectivity index (χ3v) is 2.93. The zero-order valence-electron chi connectivity index (χ0n) is 11.4. The van der Waals surface area contributed by atoms with Crippen LogP contribution in [0.15, 0.2) is 30.3 Å². The molecule has 0 aliphatic heterocycles. The Morgan fingerprint density at radius 1 is 1.28 bits per heavy atom. The second kappa shape index (κ2) is 4.48. The van der Waals surface area contributed by atoms with Gasteiger partial charge in [0, 0.05) is 16.5 Å². The summed E-state index contributed by atoms with van der Waals surface area (Å²) in [4.78, 5) is 12.1. The maximum absolute atomic E-state index is 12.1. The quantitative estimate of drug-likeness (QED) is 0.762. The highest BCUT2D eigenvalue weighted by Gasteiger charge is 2.24. The van der Waals surface area contributed by atoms with E-state index in [0.717, 1.165) is 16.6 Å². The van der Waals surface area contributed by atoms with Crippen molar-refractivity contribution in [1.82, 2.24) is 4.57 Å². The van der Waals surface area contributed by atoms with E-state index in [2.05, 4.69) is 26.8 Å². The minimum Gasteiger partial charge on any atom is -0.449 e. The van der Waals surface area contributed by atoms with E-state index in [1.54, 1.807) is 4.57 Å². The second-order valence-electron chi connectivity index (χ2n) is 5.37. The van der Waals surface area contributed by atoms with Crippen LogP contribution in [0.3, 0.4) is 0 Å². The number of hydrogen-bond donors (Lipinski definition) is 0. The molecule has 2 aromatic rings. The van der Waals surface area contributed by atoms with Crippen LogP contribution in [0.25, 0.3) is 10.9 Å². The van der Waals surface area contributed by atoms with Crippen molar-refractivity contribution < 1.29 is 9.53 Å². The van der Waals surface area contributed by atoms with E-state index in [9.17, 15) is 4.79 Å². The fraction of sp³-hybridized carbons (Fsp3) is 0.400. The van der Waals surface area contributed by atoms with Crippen LogP contribution < -0.4 is 0 Å². The SMILES string of the molecule is CCOC(=O)n1c(C(C)(C)C)cc2ccccc21. The maximum atomic E-state index is 12.1. The van der Waals surface area contributed by atoms with Gasteiger partial charge in [-0.05, 0) is 19.1 Å². The molecule has 18 heavy (non-hydrogen) atoms. The van der Waals surface area contributed by atoms with Crippen LogP contribution in [0.4, 0.5) is 4.79 Å². The van der Waals surface area contributed by atoms with Crippen molar-refractivity contribution >= 4 is 17.0 Å². The molecule has 0 spiro atoms. The Morgan fingerprint density at radius 3 is 2.56 bits per heavy atom. The smallest absolute Gasteiger partial charge is 0.418 e. The fourth-order valence-electron chi connectivity index (χ4n) is 2.09. The van der Waals surface area contributed by atoms with Crippen LogP contribution >= 0.6 is 0 Å². The summed E-state index contributed by atoms with van der Waals surface area (Å²) in [5.74, 6) is 0. The van der Waals surface area contributed by atoms with Gasteiger partial charge in [-0.3, -0.25) is 0 Å². The van der Waals surface area contributed by atoms with E-state index >= 15 is 0 Å². The van der Waals surface area contributed by atoms with Crippen molar-refractivity contribution in [2.45, 2.75) is 33.1 Å². The molecule has 3 nitrogen and oxygen atoms in total. The van der Waals surface area contributed by atoms with Gasteiger partial charge in [0.1, 0.15) is 0 Å². The van der Waals surface area contributed by atoms with E-state index < -0.39 is 0 Å². The lowest BCUT2D eigenvalue weighted by atomic mass is 9.92. The molecule has 1 aromatic carbocycles. The van der Waals surface area contributed by atoms with Crippen LogP contribution in [0, 0.1) is 0 Å². The molecule has 0 N–H and O–H groups in total. The summed E-state index contributed by atoms with van der Waals surface area (Å²) >= 11 is 0. The van der Waals surface area contributed by atoms with E-state index in [4.69, 9.17) is 4.74 Å². The summed E-state index contributed by atoms with van der Waals surface area (Å²) in [7, 11) is 0. The molecule has 1 aromatic heterocycles. The summed E-state index contributed by atoms with van der Waals surface area (Å²) in [6.07, 6.45) is -0.302. The van der Waals surface area contributed by atoms with E-state index in [-0.39, 0.29) is 11.5 Å². The molecule has 2 rings (SSSR count). The van der Waals surface area contributed by atoms with Crippen LogP contribution in [-0.2, 0) is 10.2 Å². The molecule has 0 unspecified atom stereocenters. The molecular weight excluding hydrogens is 226 g/mol. The van der Waals surface area contributed by atoms with Gasteiger partial charge in [0.2, 0.25) is 0 Å². The number of aromatic nitrogens is 1. The first kappa shape index (κ1) is 12.7. The van der Waals surface area contributed by atoms with Crippen molar-refractivity contribution in [3.63, 3.8) is 0 Å². The topological polar surface area (TPSA) is 31.2 Å². The molecule has 1 heterocycles. The second-order valence-corrected chi connectivity index (χ2v) is 5.37. The first-order valence-corrected chi connectivity index (χ1v) is 6.23. The average Bonchev–Trinajstić information content (AvgIpc) is 2.68. The Kier molecular flexibility index (Phi) is 3.16. The van der Waals surface area contributed by atoms with Gasteiger partial charge in [-0.15, -0.1) is 0 Å². The van der Waals surface area contributed by atoms with Gasteiger partial charge in [0.25, 0.3) is 0 Å². The molecule has 0 radical (unpaired) electrons. The van der Waals surface area contributed by atoms with Gasteiger partial charge in [-0.25, -0.2) is 9.36 Å². The van der Waals surface area contributed by atoms with Crippen LogP contribution in [0.2, 0.25) is 0 Å². The summed E-state index contributed by atoms with van der Waals surface area (Å²) in [5, 5.41) is 1.07. The summed E-state index contributed by atoms with van der Waals surface area (Å²) in [6, 6.07) is 9.93. The largest absolute Gasteiger partial charge is 0.449 e. The van der Waals surface area contributed by atoms with E-state index in [1.165, 1.54) is 0 Å². The Balaban J connectivity index is 2.69. The molecule has 0 fully saturated rings. The van der Waals surface area contributed by atoms with Gasteiger partial charge in [0.05, 0.1) is 12.1 Å². The zero-order chi connectivity index (χ0) is 13.3. The first-order chi connectivity index (χ1) is 8.45. The number of fused-ring (bicyclic) bond motifs is 1. The summed E-state index contributed by atoms with van der Waals surface area (Å²) in [6.45, 7) is 8.49. The Labute approximate surface area is 107 Å². The average molecular weight is 245 g/mol. The third kappa shape index (κ3) is 2.13. The molecular formula is C15H19NO2. The Morgan fingerprint density at radius 2 is 1.94 bits per heavy atom. The standard InChI is InChI=1S/C15H19NO2/c1-5-18-14(17)16-12-9-7-6-8-11(12)10-13(16)15(2,3)4/h6-10H,5H2,1-4H3. The number of hydrogen-bond acceptors (Lipinski definition) is 2. The van der Waals surface area contributed by atoms with E-state index in [1.807, 2.05) is 31.2 Å². The van der Waals surface area contributed by atoms with Gasteiger partial charge >= 0.3 is 6.09 Å². The van der Waals surface area contributed by atoms with Crippen molar-refractivity contribution in [2.75, 3.05) is 6.61 Å². The minimum atomic E-state index is -0.302. The molecule has 0 aliphatic rings. The lowest BCUT2D eigenvalue weighted by molar-refractivity contribution is 0.153. The molecule has 96 valence electrons. The molecule has 0 saturated heterocycles. The van der Waals surface area contributed by atoms with Crippen molar-refractivity contribution in [2.24, 2.45) is 0 Å². The fourth-order valence-corrected chi connectivity index (χ4v) is 2.09. The lowest BCUT2D eigenvalue weighted by Gasteiger charge is -2.20. The van der Waals surface area contributed by atoms with E-state index in [0.29, 0.717) is 6.61 Å². The minimum absolute atomic E-state index is 0.105. The number of carbonyl (C=O) groups is 1. The Hall–Kier alpha value is -1.77. The summed E-state index contributed by atoms with van der Waals surface area (Å²) < 4.78 is 6.83. The third-order valence-electron chi connectivity index (χ3n) is 2.93. The number of para-hydroxylation sites is 1. The first-order valence-electron chi connectivity index (χ1n) is 6.23. The molecule has 3 heteroatoms. The predicted molar refractivity (Wildman–Crippen MR) is 73.1 cm³/mol. The summed E-state index contributed by atoms with van der Waals surface area (Å²) in [5.41, 5.74) is 1.77. The van der Waals surface area contributed by atoms with Crippen molar-refractivity contribution in [1.29, 1.82) is 0 Å². The number of rotatable bonds is 1. The van der Waals surface area contributed by atoms with Gasteiger partial charge in [-0.1, -0.05) is 39.0 Å². The van der Waals surface area contributed by atoms with Crippen LogP contribution in [0.1, 0.15) is 33.4 Å². The molecule has 0 bridgehead atoms. The lowest BCUT2D eigenvalue weighted by Crippen LogP contribution is -2.23. The maximum Gasteiger partial charge on any atom is 0.418 e.